The highest BCUT2D eigenvalue weighted by Gasteiger charge is 2.19. The molecule has 0 N–H and O–H groups in total. The van der Waals surface area contributed by atoms with E-state index >= 15 is 0 Å². The SMILES string of the molecule is COc1cc2c(COS(=O)(=O)c3ccc(C)cc3)nccc2c(OCc2ccccc2)c1C. The van der Waals surface area contributed by atoms with Crippen molar-refractivity contribution in [2.24, 2.45) is 0 Å². The Bertz CT molecular complexity index is 1370. The van der Waals surface area contributed by atoms with Crippen molar-refractivity contribution in [1.82, 2.24) is 4.98 Å². The van der Waals surface area contributed by atoms with Crippen molar-refractivity contribution < 1.29 is 22.1 Å². The first-order valence-corrected chi connectivity index (χ1v) is 11.9. The van der Waals surface area contributed by atoms with Crippen LogP contribution in [0.5, 0.6) is 11.5 Å². The van der Waals surface area contributed by atoms with Crippen molar-refractivity contribution in [3.05, 3.63) is 95.3 Å². The van der Waals surface area contributed by atoms with Crippen molar-refractivity contribution in [2.45, 2.75) is 32.0 Å². The molecule has 0 amide bonds. The maximum atomic E-state index is 12.7. The van der Waals surface area contributed by atoms with Gasteiger partial charge in [0.25, 0.3) is 10.1 Å². The van der Waals surface area contributed by atoms with E-state index in [1.165, 1.54) is 12.1 Å². The van der Waals surface area contributed by atoms with Crippen LogP contribution in [0.1, 0.15) is 22.4 Å². The third-order valence-corrected chi connectivity index (χ3v) is 6.69. The van der Waals surface area contributed by atoms with Gasteiger partial charge < -0.3 is 9.47 Å². The predicted molar refractivity (Wildman–Crippen MR) is 127 cm³/mol. The first-order valence-electron chi connectivity index (χ1n) is 10.5. The van der Waals surface area contributed by atoms with E-state index in [-0.39, 0.29) is 11.5 Å². The third kappa shape index (κ3) is 4.99. The lowest BCUT2D eigenvalue weighted by Crippen LogP contribution is -2.08. The van der Waals surface area contributed by atoms with Crippen LogP contribution < -0.4 is 9.47 Å². The molecule has 0 saturated heterocycles. The van der Waals surface area contributed by atoms with Gasteiger partial charge in [-0.15, -0.1) is 0 Å². The molecule has 0 spiro atoms. The number of hydrogen-bond donors (Lipinski definition) is 0. The standard InChI is InChI=1S/C26H25NO5S/c1-18-9-11-21(12-10-18)33(28,29)32-17-24-23-15-25(30-3)19(2)26(22(23)13-14-27-24)31-16-20-7-5-4-6-8-20/h4-15H,16-17H2,1-3H3. The Morgan fingerprint density at radius 3 is 2.30 bits per heavy atom. The fourth-order valence-electron chi connectivity index (χ4n) is 3.58. The zero-order valence-corrected chi connectivity index (χ0v) is 19.6. The lowest BCUT2D eigenvalue weighted by atomic mass is 10.0. The first kappa shape index (κ1) is 22.8. The van der Waals surface area contributed by atoms with E-state index in [9.17, 15) is 8.42 Å². The van der Waals surface area contributed by atoms with Crippen LogP contribution in [0.3, 0.4) is 0 Å². The summed E-state index contributed by atoms with van der Waals surface area (Å²) in [6.07, 6.45) is 1.63. The van der Waals surface area contributed by atoms with Crippen molar-refractivity contribution in [3.63, 3.8) is 0 Å². The fourth-order valence-corrected chi connectivity index (χ4v) is 4.45. The topological polar surface area (TPSA) is 74.7 Å². The number of rotatable bonds is 8. The molecule has 0 atom stereocenters. The van der Waals surface area contributed by atoms with Gasteiger partial charge in [0, 0.05) is 22.5 Å². The number of hydrogen-bond acceptors (Lipinski definition) is 6. The van der Waals surface area contributed by atoms with Gasteiger partial charge >= 0.3 is 0 Å². The second-order valence-corrected chi connectivity index (χ2v) is 9.30. The Balaban J connectivity index is 1.67. The number of benzene rings is 3. The molecule has 33 heavy (non-hydrogen) atoms. The molecule has 4 rings (SSSR count). The van der Waals surface area contributed by atoms with Gasteiger partial charge in [0.15, 0.2) is 0 Å². The molecule has 0 radical (unpaired) electrons. The van der Waals surface area contributed by atoms with E-state index in [0.717, 1.165) is 22.1 Å². The lowest BCUT2D eigenvalue weighted by molar-refractivity contribution is 0.302. The van der Waals surface area contributed by atoms with E-state index in [1.807, 2.05) is 56.3 Å². The number of methoxy groups -OCH3 is 1. The quantitative estimate of drug-likeness (QED) is 0.328. The summed E-state index contributed by atoms with van der Waals surface area (Å²) >= 11 is 0. The summed E-state index contributed by atoms with van der Waals surface area (Å²) in [5.74, 6) is 1.29. The molecule has 3 aromatic carbocycles. The largest absolute Gasteiger partial charge is 0.496 e. The van der Waals surface area contributed by atoms with Crippen LogP contribution in [-0.2, 0) is 27.5 Å². The van der Waals surface area contributed by atoms with Crippen LogP contribution in [0, 0.1) is 13.8 Å². The van der Waals surface area contributed by atoms with Crippen molar-refractivity contribution in [2.75, 3.05) is 7.11 Å². The minimum atomic E-state index is -3.93. The number of pyridine rings is 1. The summed E-state index contributed by atoms with van der Waals surface area (Å²) in [4.78, 5) is 4.49. The highest BCUT2D eigenvalue weighted by Crippen LogP contribution is 2.38. The molecule has 0 unspecified atom stereocenters. The minimum absolute atomic E-state index is 0.105. The number of aromatic nitrogens is 1. The van der Waals surface area contributed by atoms with Crippen LogP contribution in [0.25, 0.3) is 10.8 Å². The molecule has 0 aliphatic heterocycles. The maximum absolute atomic E-state index is 12.7. The van der Waals surface area contributed by atoms with E-state index in [4.69, 9.17) is 13.7 Å². The number of aryl methyl sites for hydroxylation is 1. The maximum Gasteiger partial charge on any atom is 0.297 e. The Morgan fingerprint density at radius 1 is 0.879 bits per heavy atom. The molecule has 0 fully saturated rings. The molecular weight excluding hydrogens is 438 g/mol. The summed E-state index contributed by atoms with van der Waals surface area (Å²) in [6, 6.07) is 20.1. The molecular formula is C26H25NO5S. The van der Waals surface area contributed by atoms with Crippen LogP contribution in [0.15, 0.2) is 77.8 Å². The molecule has 6 nitrogen and oxygen atoms in total. The second-order valence-electron chi connectivity index (χ2n) is 7.69. The summed E-state index contributed by atoms with van der Waals surface area (Å²) in [7, 11) is -2.34. The van der Waals surface area contributed by atoms with Gasteiger partial charge in [0.05, 0.1) is 17.7 Å². The molecule has 0 saturated carbocycles. The number of ether oxygens (including phenoxy) is 2. The lowest BCUT2D eigenvalue weighted by Gasteiger charge is -2.17. The second kappa shape index (κ2) is 9.60. The van der Waals surface area contributed by atoms with Gasteiger partial charge in [-0.2, -0.15) is 8.42 Å². The Labute approximate surface area is 193 Å². The zero-order chi connectivity index (χ0) is 23.4. The summed E-state index contributed by atoms with van der Waals surface area (Å²) < 4.78 is 42.4. The summed E-state index contributed by atoms with van der Waals surface area (Å²) in [5, 5.41) is 1.52. The van der Waals surface area contributed by atoms with Crippen molar-refractivity contribution >= 4 is 20.9 Å². The highest BCUT2D eigenvalue weighted by molar-refractivity contribution is 7.86. The van der Waals surface area contributed by atoms with Crippen molar-refractivity contribution in [1.29, 1.82) is 0 Å². The molecule has 4 aromatic rings. The monoisotopic (exact) mass is 463 g/mol. The van der Waals surface area contributed by atoms with Gasteiger partial charge in [0.2, 0.25) is 0 Å². The van der Waals surface area contributed by atoms with E-state index in [1.54, 1.807) is 25.4 Å². The predicted octanol–water partition coefficient (Wildman–Crippen LogP) is 5.34. The molecule has 0 bridgehead atoms. The Hall–Kier alpha value is -3.42. The average molecular weight is 464 g/mol. The van der Waals surface area contributed by atoms with Crippen LogP contribution in [0.2, 0.25) is 0 Å². The van der Waals surface area contributed by atoms with Crippen LogP contribution in [0.4, 0.5) is 0 Å². The normalized spacial score (nSPS) is 11.5. The van der Waals surface area contributed by atoms with E-state index in [0.29, 0.717) is 29.2 Å². The average Bonchev–Trinajstić information content (AvgIpc) is 2.82. The molecule has 170 valence electrons. The van der Waals surface area contributed by atoms with Gasteiger partial charge in [-0.1, -0.05) is 48.0 Å². The van der Waals surface area contributed by atoms with Gasteiger partial charge in [-0.3, -0.25) is 9.17 Å². The molecule has 0 aliphatic carbocycles. The third-order valence-electron chi connectivity index (χ3n) is 5.41. The smallest absolute Gasteiger partial charge is 0.297 e. The minimum Gasteiger partial charge on any atom is -0.496 e. The van der Waals surface area contributed by atoms with Gasteiger partial charge in [0.1, 0.15) is 24.7 Å². The van der Waals surface area contributed by atoms with Gasteiger partial charge in [-0.25, -0.2) is 0 Å². The molecule has 1 aromatic heterocycles. The summed E-state index contributed by atoms with van der Waals surface area (Å²) in [6.45, 7) is 4.00. The molecule has 0 aliphatic rings. The first-order chi connectivity index (χ1) is 15.9. The highest BCUT2D eigenvalue weighted by atomic mass is 32.2. The fraction of sp³-hybridized carbons (Fsp3) is 0.192. The van der Waals surface area contributed by atoms with Crippen LogP contribution >= 0.6 is 0 Å². The molecule has 7 heteroatoms. The van der Waals surface area contributed by atoms with Gasteiger partial charge in [-0.05, 0) is 43.7 Å². The van der Waals surface area contributed by atoms with Crippen molar-refractivity contribution in [3.8, 4) is 11.5 Å². The van der Waals surface area contributed by atoms with Crippen LogP contribution in [-0.4, -0.2) is 20.5 Å². The summed E-state index contributed by atoms with van der Waals surface area (Å²) in [5.41, 5.74) is 3.34. The van der Waals surface area contributed by atoms with E-state index in [2.05, 4.69) is 4.98 Å². The number of nitrogens with zero attached hydrogens (tertiary/aromatic N) is 1. The Kier molecular flexibility index (Phi) is 6.62. The number of fused-ring (bicyclic) bond motifs is 1. The molecule has 1 heterocycles. The zero-order valence-electron chi connectivity index (χ0n) is 18.7. The van der Waals surface area contributed by atoms with E-state index < -0.39 is 10.1 Å². The Morgan fingerprint density at radius 2 is 1.61 bits per heavy atom.